The molecule has 0 fully saturated rings. The summed E-state index contributed by atoms with van der Waals surface area (Å²) in [7, 11) is 1.65. The van der Waals surface area contributed by atoms with Gasteiger partial charge in [0.15, 0.2) is 5.01 Å². The molecule has 3 aromatic rings. The fourth-order valence-corrected chi connectivity index (χ4v) is 3.55. The monoisotopic (exact) mass is 311 g/mol. The fraction of sp³-hybridized carbons (Fsp3) is 0.188. The van der Waals surface area contributed by atoms with Crippen LogP contribution >= 0.6 is 11.3 Å². The molecule has 0 saturated carbocycles. The summed E-state index contributed by atoms with van der Waals surface area (Å²) in [5.74, 6) is 0.754. The van der Waals surface area contributed by atoms with Gasteiger partial charge in [-0.3, -0.25) is 4.79 Å². The Hall–Kier alpha value is -2.47. The van der Waals surface area contributed by atoms with E-state index in [-0.39, 0.29) is 5.91 Å². The number of pyridine rings is 1. The van der Waals surface area contributed by atoms with E-state index >= 15 is 0 Å². The molecule has 1 amide bonds. The molecular formula is C16H13N3O2S. The van der Waals surface area contributed by atoms with Crippen molar-refractivity contribution in [1.82, 2.24) is 9.97 Å². The maximum atomic E-state index is 12.7. The number of carbonyl (C=O) groups excluding carboxylic acids is 1. The van der Waals surface area contributed by atoms with Crippen molar-refractivity contribution in [3.63, 3.8) is 0 Å². The summed E-state index contributed by atoms with van der Waals surface area (Å²) in [4.78, 5) is 24.0. The second kappa shape index (κ2) is 5.06. The molecule has 3 heterocycles. The first-order valence-corrected chi connectivity index (χ1v) is 7.78. The first kappa shape index (κ1) is 13.2. The van der Waals surface area contributed by atoms with E-state index in [0.29, 0.717) is 11.6 Å². The average Bonchev–Trinajstić information content (AvgIpc) is 3.17. The van der Waals surface area contributed by atoms with Gasteiger partial charge < -0.3 is 9.64 Å². The number of hydrogen-bond acceptors (Lipinski definition) is 5. The molecule has 6 heteroatoms. The molecule has 0 spiro atoms. The molecule has 0 atom stereocenters. The Balaban J connectivity index is 1.70. The zero-order valence-electron chi connectivity index (χ0n) is 11.9. The fourth-order valence-electron chi connectivity index (χ4n) is 2.69. The minimum absolute atomic E-state index is 0.0630. The van der Waals surface area contributed by atoms with Crippen LogP contribution in [0.5, 0.6) is 5.75 Å². The van der Waals surface area contributed by atoms with Gasteiger partial charge in [0.1, 0.15) is 16.1 Å². The van der Waals surface area contributed by atoms with Gasteiger partial charge in [-0.1, -0.05) is 11.3 Å². The van der Waals surface area contributed by atoms with Crippen molar-refractivity contribution in [2.45, 2.75) is 6.42 Å². The quantitative estimate of drug-likeness (QED) is 0.730. The molecular weight excluding hydrogens is 298 g/mol. The van der Waals surface area contributed by atoms with Crippen LogP contribution in [0.15, 0.2) is 36.5 Å². The molecule has 110 valence electrons. The Morgan fingerprint density at radius 1 is 1.36 bits per heavy atom. The van der Waals surface area contributed by atoms with E-state index in [2.05, 4.69) is 9.97 Å². The molecule has 4 rings (SSSR count). The molecule has 1 aliphatic rings. The number of nitrogens with zero attached hydrogens (tertiary/aromatic N) is 3. The number of aromatic nitrogens is 2. The smallest absolute Gasteiger partial charge is 0.287 e. The van der Waals surface area contributed by atoms with Crippen LogP contribution in [0.2, 0.25) is 0 Å². The normalized spacial score (nSPS) is 13.4. The first-order valence-electron chi connectivity index (χ1n) is 6.96. The summed E-state index contributed by atoms with van der Waals surface area (Å²) in [5, 5.41) is 0.484. The third-order valence-corrected chi connectivity index (χ3v) is 4.74. The minimum atomic E-state index is -0.0630. The predicted molar refractivity (Wildman–Crippen MR) is 85.8 cm³/mol. The topological polar surface area (TPSA) is 55.3 Å². The second-order valence-electron chi connectivity index (χ2n) is 5.05. The third kappa shape index (κ3) is 2.03. The van der Waals surface area contributed by atoms with Crippen LogP contribution in [-0.2, 0) is 6.42 Å². The number of fused-ring (bicyclic) bond motifs is 2. The van der Waals surface area contributed by atoms with Crippen molar-refractivity contribution in [3.05, 3.63) is 47.1 Å². The van der Waals surface area contributed by atoms with Gasteiger partial charge in [0.2, 0.25) is 0 Å². The molecule has 2 aromatic heterocycles. The molecule has 0 aliphatic carbocycles. The molecule has 0 N–H and O–H groups in total. The molecule has 5 nitrogen and oxygen atoms in total. The summed E-state index contributed by atoms with van der Waals surface area (Å²) in [6.07, 6.45) is 2.55. The summed E-state index contributed by atoms with van der Waals surface area (Å²) in [5.41, 5.74) is 2.84. The van der Waals surface area contributed by atoms with Crippen molar-refractivity contribution >= 4 is 33.3 Å². The Kier molecular flexibility index (Phi) is 3.04. The molecule has 0 radical (unpaired) electrons. The number of ether oxygens (including phenoxy) is 1. The Labute approximate surface area is 131 Å². The number of thiazole rings is 1. The van der Waals surface area contributed by atoms with Gasteiger partial charge in [0, 0.05) is 18.4 Å². The SMILES string of the molecule is COc1ccc2c(c1)CCN2C(=O)c1nc2cccnc2s1. The van der Waals surface area contributed by atoms with Crippen LogP contribution in [0, 0.1) is 0 Å². The van der Waals surface area contributed by atoms with Gasteiger partial charge in [0.05, 0.1) is 7.11 Å². The number of amides is 1. The van der Waals surface area contributed by atoms with E-state index in [1.807, 2.05) is 30.3 Å². The zero-order chi connectivity index (χ0) is 15.1. The van der Waals surface area contributed by atoms with Crippen molar-refractivity contribution in [2.24, 2.45) is 0 Å². The van der Waals surface area contributed by atoms with E-state index in [4.69, 9.17) is 4.74 Å². The molecule has 1 aromatic carbocycles. The van der Waals surface area contributed by atoms with E-state index in [9.17, 15) is 4.79 Å². The highest BCUT2D eigenvalue weighted by Crippen LogP contribution is 2.33. The number of hydrogen-bond donors (Lipinski definition) is 0. The summed E-state index contributed by atoms with van der Waals surface area (Å²) >= 11 is 1.34. The lowest BCUT2D eigenvalue weighted by Gasteiger charge is -2.15. The largest absolute Gasteiger partial charge is 0.497 e. The van der Waals surface area contributed by atoms with E-state index in [1.54, 1.807) is 18.2 Å². The Morgan fingerprint density at radius 2 is 2.27 bits per heavy atom. The van der Waals surface area contributed by atoms with Crippen LogP contribution in [-0.4, -0.2) is 29.5 Å². The number of anilines is 1. The number of rotatable bonds is 2. The maximum absolute atomic E-state index is 12.7. The number of carbonyl (C=O) groups is 1. The van der Waals surface area contributed by atoms with E-state index < -0.39 is 0 Å². The average molecular weight is 311 g/mol. The van der Waals surface area contributed by atoms with Crippen molar-refractivity contribution < 1.29 is 9.53 Å². The highest BCUT2D eigenvalue weighted by Gasteiger charge is 2.28. The number of benzene rings is 1. The molecule has 0 saturated heterocycles. The second-order valence-corrected chi connectivity index (χ2v) is 6.03. The van der Waals surface area contributed by atoms with Crippen LogP contribution in [0.25, 0.3) is 10.3 Å². The maximum Gasteiger partial charge on any atom is 0.287 e. The van der Waals surface area contributed by atoms with E-state index in [1.165, 1.54) is 11.3 Å². The van der Waals surface area contributed by atoms with Gasteiger partial charge in [-0.2, -0.15) is 0 Å². The molecule has 22 heavy (non-hydrogen) atoms. The lowest BCUT2D eigenvalue weighted by atomic mass is 10.1. The van der Waals surface area contributed by atoms with Crippen molar-refractivity contribution in [2.75, 3.05) is 18.6 Å². The standard InChI is InChI=1S/C16H13N3O2S/c1-21-11-4-5-13-10(9-11)6-8-19(13)16(20)15-18-12-3-2-7-17-14(12)22-15/h2-5,7,9H,6,8H2,1H3. The molecule has 1 aliphatic heterocycles. The molecule has 0 unspecified atom stereocenters. The number of methoxy groups -OCH3 is 1. The highest BCUT2D eigenvalue weighted by molar-refractivity contribution is 7.20. The Bertz CT molecular complexity index is 842. The van der Waals surface area contributed by atoms with Crippen LogP contribution < -0.4 is 9.64 Å². The summed E-state index contributed by atoms with van der Waals surface area (Å²) in [6, 6.07) is 9.50. The van der Waals surface area contributed by atoms with Gasteiger partial charge in [0.25, 0.3) is 5.91 Å². The first-order chi connectivity index (χ1) is 10.8. The summed E-state index contributed by atoms with van der Waals surface area (Å²) in [6.45, 7) is 0.671. The predicted octanol–water partition coefficient (Wildman–Crippen LogP) is 2.90. The zero-order valence-corrected chi connectivity index (χ0v) is 12.8. The molecule has 0 bridgehead atoms. The van der Waals surface area contributed by atoms with Crippen LogP contribution in [0.1, 0.15) is 15.4 Å². The Morgan fingerprint density at radius 3 is 3.09 bits per heavy atom. The lowest BCUT2D eigenvalue weighted by molar-refractivity contribution is 0.0989. The van der Waals surface area contributed by atoms with E-state index in [0.717, 1.165) is 33.8 Å². The van der Waals surface area contributed by atoms with Gasteiger partial charge in [-0.15, -0.1) is 0 Å². The van der Waals surface area contributed by atoms with Crippen molar-refractivity contribution in [3.8, 4) is 5.75 Å². The van der Waals surface area contributed by atoms with Crippen LogP contribution in [0.3, 0.4) is 0 Å². The van der Waals surface area contributed by atoms with Crippen LogP contribution in [0.4, 0.5) is 5.69 Å². The van der Waals surface area contributed by atoms with Gasteiger partial charge in [-0.25, -0.2) is 9.97 Å². The van der Waals surface area contributed by atoms with Gasteiger partial charge >= 0.3 is 0 Å². The lowest BCUT2D eigenvalue weighted by Crippen LogP contribution is -2.28. The van der Waals surface area contributed by atoms with Crippen molar-refractivity contribution in [1.29, 1.82) is 0 Å². The third-order valence-electron chi connectivity index (χ3n) is 3.78. The summed E-state index contributed by atoms with van der Waals surface area (Å²) < 4.78 is 5.24. The van der Waals surface area contributed by atoms with Gasteiger partial charge in [-0.05, 0) is 42.3 Å². The highest BCUT2D eigenvalue weighted by atomic mass is 32.1. The minimum Gasteiger partial charge on any atom is -0.497 e.